The molecule has 7 nitrogen and oxygen atoms in total. The van der Waals surface area contributed by atoms with Gasteiger partial charge in [-0.3, -0.25) is 4.79 Å². The molecule has 8 heteroatoms. The number of nitrogens with zero attached hydrogens (tertiary/aromatic N) is 2. The Kier molecular flexibility index (Phi) is 5.43. The molecule has 1 saturated heterocycles. The van der Waals surface area contributed by atoms with Crippen LogP contribution in [-0.2, 0) is 32.5 Å². The van der Waals surface area contributed by atoms with Crippen LogP contribution >= 0.6 is 0 Å². The molecular formula is C17H24N2O5S. The third-order valence-corrected chi connectivity index (χ3v) is 6.68. The monoisotopic (exact) mass is 368 g/mol. The molecule has 0 unspecified atom stereocenters. The third kappa shape index (κ3) is 3.72. The zero-order valence-corrected chi connectivity index (χ0v) is 15.2. The van der Waals surface area contributed by atoms with E-state index in [-0.39, 0.29) is 5.91 Å². The van der Waals surface area contributed by atoms with Crippen LogP contribution in [0.2, 0.25) is 0 Å². The second-order valence-electron chi connectivity index (χ2n) is 6.38. The lowest BCUT2D eigenvalue weighted by Gasteiger charge is -2.31. The Morgan fingerprint density at radius 3 is 2.64 bits per heavy atom. The number of sulfonamides is 1. The molecule has 1 atom stereocenters. The molecule has 0 bridgehead atoms. The number of amides is 1. The van der Waals surface area contributed by atoms with Crippen molar-refractivity contribution in [2.75, 3.05) is 32.8 Å². The Labute approximate surface area is 148 Å². The number of ether oxygens (including phenoxy) is 1. The Morgan fingerprint density at radius 2 is 1.96 bits per heavy atom. The minimum Gasteiger partial charge on any atom is -0.383 e. The quantitative estimate of drug-likeness (QED) is 0.829. The van der Waals surface area contributed by atoms with Crippen molar-refractivity contribution in [1.29, 1.82) is 0 Å². The number of rotatable bonds is 4. The second-order valence-corrected chi connectivity index (χ2v) is 8.32. The van der Waals surface area contributed by atoms with Gasteiger partial charge in [0.25, 0.3) is 5.91 Å². The summed E-state index contributed by atoms with van der Waals surface area (Å²) in [6.45, 7) is 4.24. The van der Waals surface area contributed by atoms with E-state index in [1.807, 2.05) is 0 Å². The summed E-state index contributed by atoms with van der Waals surface area (Å²) in [5, 5.41) is 9.74. The van der Waals surface area contributed by atoms with Crippen molar-refractivity contribution in [1.82, 2.24) is 9.21 Å². The highest BCUT2D eigenvalue weighted by molar-refractivity contribution is 7.89. The molecule has 2 aliphatic heterocycles. The molecule has 0 aromatic heterocycles. The van der Waals surface area contributed by atoms with E-state index in [1.54, 1.807) is 30.0 Å². The average Bonchev–Trinajstić information content (AvgIpc) is 2.66. The smallest absolute Gasteiger partial charge is 0.251 e. The van der Waals surface area contributed by atoms with Gasteiger partial charge in [-0.15, -0.1) is 0 Å². The number of aliphatic hydroxyl groups is 1. The molecule has 1 aromatic rings. The molecule has 138 valence electrons. The summed E-state index contributed by atoms with van der Waals surface area (Å²) in [4.78, 5) is 14.1. The molecule has 1 amide bonds. The van der Waals surface area contributed by atoms with Gasteiger partial charge in [0.2, 0.25) is 10.0 Å². The van der Waals surface area contributed by atoms with Crippen molar-refractivity contribution in [2.45, 2.75) is 37.3 Å². The maximum atomic E-state index is 12.7. The number of hydrogen-bond donors (Lipinski definition) is 1. The van der Waals surface area contributed by atoms with E-state index in [0.717, 1.165) is 11.1 Å². The molecular weight excluding hydrogens is 344 g/mol. The molecule has 3 rings (SSSR count). The van der Waals surface area contributed by atoms with Crippen LogP contribution < -0.4 is 0 Å². The van der Waals surface area contributed by atoms with Gasteiger partial charge in [0, 0.05) is 26.2 Å². The first kappa shape index (κ1) is 18.3. The van der Waals surface area contributed by atoms with Crippen LogP contribution in [0.5, 0.6) is 0 Å². The van der Waals surface area contributed by atoms with E-state index in [0.29, 0.717) is 57.1 Å². The first-order valence-electron chi connectivity index (χ1n) is 8.60. The molecule has 0 aliphatic carbocycles. The van der Waals surface area contributed by atoms with Gasteiger partial charge in [-0.25, -0.2) is 8.42 Å². The van der Waals surface area contributed by atoms with Gasteiger partial charge >= 0.3 is 0 Å². The summed E-state index contributed by atoms with van der Waals surface area (Å²) in [6.07, 6.45) is 0.00521. The molecule has 2 heterocycles. The number of hydrogen-bond acceptors (Lipinski definition) is 5. The fourth-order valence-corrected chi connectivity index (χ4v) is 4.66. The predicted molar refractivity (Wildman–Crippen MR) is 91.4 cm³/mol. The van der Waals surface area contributed by atoms with Crippen molar-refractivity contribution in [3.05, 3.63) is 29.3 Å². The van der Waals surface area contributed by atoms with Crippen LogP contribution in [0.15, 0.2) is 23.1 Å². The molecule has 1 aromatic carbocycles. The van der Waals surface area contributed by atoms with E-state index in [4.69, 9.17) is 4.74 Å². The molecule has 0 radical (unpaired) electrons. The van der Waals surface area contributed by atoms with Gasteiger partial charge in [0.05, 0.1) is 18.1 Å². The Balaban J connectivity index is 1.79. The highest BCUT2D eigenvalue weighted by Crippen LogP contribution is 2.25. The first-order chi connectivity index (χ1) is 11.9. The minimum absolute atomic E-state index is 0.266. The van der Waals surface area contributed by atoms with Crippen LogP contribution in [0.3, 0.4) is 0 Å². The summed E-state index contributed by atoms with van der Waals surface area (Å²) in [5.41, 5.74) is 1.88. The SMILES string of the molecule is CC[C@@H](O)C(=O)N1CCc2cc(S(=O)(=O)N3CCOCC3)ccc2C1. The number of morpholine rings is 1. The zero-order valence-electron chi connectivity index (χ0n) is 14.3. The van der Waals surface area contributed by atoms with Crippen LogP contribution in [-0.4, -0.2) is 67.6 Å². The molecule has 1 N–H and O–H groups in total. The largest absolute Gasteiger partial charge is 0.383 e. The standard InChI is InChI=1S/C17H24N2O5S/c1-2-16(20)17(21)18-6-5-13-11-15(4-3-14(13)12-18)25(22,23)19-7-9-24-10-8-19/h3-4,11,16,20H,2,5-10,12H2,1H3/t16-/m1/s1. The number of carbonyl (C=O) groups is 1. The van der Waals surface area contributed by atoms with E-state index >= 15 is 0 Å². The van der Waals surface area contributed by atoms with Crippen molar-refractivity contribution >= 4 is 15.9 Å². The summed E-state index contributed by atoms with van der Waals surface area (Å²) < 4.78 is 32.2. The summed E-state index contributed by atoms with van der Waals surface area (Å²) in [7, 11) is -3.51. The lowest BCUT2D eigenvalue weighted by atomic mass is 9.99. The van der Waals surface area contributed by atoms with Crippen molar-refractivity contribution in [3.8, 4) is 0 Å². The van der Waals surface area contributed by atoms with Crippen molar-refractivity contribution in [2.24, 2.45) is 0 Å². The van der Waals surface area contributed by atoms with E-state index in [1.165, 1.54) is 4.31 Å². The Bertz CT molecular complexity index is 743. The van der Waals surface area contributed by atoms with Crippen LogP contribution in [0.25, 0.3) is 0 Å². The van der Waals surface area contributed by atoms with Crippen molar-refractivity contribution in [3.63, 3.8) is 0 Å². The predicted octanol–water partition coefficient (Wildman–Crippen LogP) is 0.363. The second kappa shape index (κ2) is 7.41. The lowest BCUT2D eigenvalue weighted by Crippen LogP contribution is -2.42. The number of aliphatic hydroxyl groups excluding tert-OH is 1. The number of fused-ring (bicyclic) bond motifs is 1. The first-order valence-corrected chi connectivity index (χ1v) is 10.0. The fraction of sp³-hybridized carbons (Fsp3) is 0.588. The van der Waals surface area contributed by atoms with Gasteiger partial charge in [-0.05, 0) is 36.1 Å². The zero-order chi connectivity index (χ0) is 18.0. The van der Waals surface area contributed by atoms with Crippen LogP contribution in [0.1, 0.15) is 24.5 Å². The van der Waals surface area contributed by atoms with Crippen LogP contribution in [0.4, 0.5) is 0 Å². The molecule has 25 heavy (non-hydrogen) atoms. The minimum atomic E-state index is -3.51. The number of carbonyl (C=O) groups excluding carboxylic acids is 1. The summed E-state index contributed by atoms with van der Waals surface area (Å²) in [6, 6.07) is 5.10. The normalized spacial score (nSPS) is 20.2. The Morgan fingerprint density at radius 1 is 1.24 bits per heavy atom. The summed E-state index contributed by atoms with van der Waals surface area (Å²) in [5.74, 6) is -0.266. The molecule has 0 saturated carbocycles. The third-order valence-electron chi connectivity index (χ3n) is 4.78. The van der Waals surface area contributed by atoms with Gasteiger partial charge in [-0.1, -0.05) is 13.0 Å². The van der Waals surface area contributed by atoms with Gasteiger partial charge < -0.3 is 14.7 Å². The average molecular weight is 368 g/mol. The summed E-state index contributed by atoms with van der Waals surface area (Å²) >= 11 is 0. The molecule has 1 fully saturated rings. The highest BCUT2D eigenvalue weighted by Gasteiger charge is 2.29. The molecule has 0 spiro atoms. The van der Waals surface area contributed by atoms with Crippen molar-refractivity contribution < 1.29 is 23.1 Å². The van der Waals surface area contributed by atoms with Gasteiger partial charge in [0.1, 0.15) is 6.10 Å². The maximum absolute atomic E-state index is 12.7. The van der Waals surface area contributed by atoms with E-state index < -0.39 is 16.1 Å². The van der Waals surface area contributed by atoms with Crippen LogP contribution in [0, 0.1) is 0 Å². The van der Waals surface area contributed by atoms with Gasteiger partial charge in [0.15, 0.2) is 0 Å². The number of benzene rings is 1. The molecule has 2 aliphatic rings. The highest BCUT2D eigenvalue weighted by atomic mass is 32.2. The fourth-order valence-electron chi connectivity index (χ4n) is 3.20. The lowest BCUT2D eigenvalue weighted by molar-refractivity contribution is -0.141. The topological polar surface area (TPSA) is 87.2 Å². The van der Waals surface area contributed by atoms with Gasteiger partial charge in [-0.2, -0.15) is 4.31 Å². The maximum Gasteiger partial charge on any atom is 0.251 e. The van der Waals surface area contributed by atoms with E-state index in [2.05, 4.69) is 0 Å². The Hall–Kier alpha value is -1.48. The van der Waals surface area contributed by atoms with E-state index in [9.17, 15) is 18.3 Å².